The summed E-state index contributed by atoms with van der Waals surface area (Å²) >= 11 is 0. The molecule has 32 heavy (non-hydrogen) atoms. The quantitative estimate of drug-likeness (QED) is 0.462. The van der Waals surface area contributed by atoms with Crippen molar-refractivity contribution in [3.8, 4) is 0 Å². The van der Waals surface area contributed by atoms with E-state index in [4.69, 9.17) is 4.74 Å². The van der Waals surface area contributed by atoms with E-state index in [1.54, 1.807) is 20.8 Å². The molecule has 2 aromatic carbocycles. The molecule has 3 N–H and O–H groups in total. The number of aromatic nitrogens is 1. The van der Waals surface area contributed by atoms with Gasteiger partial charge in [-0.15, -0.1) is 0 Å². The van der Waals surface area contributed by atoms with Gasteiger partial charge in [0.05, 0.1) is 17.1 Å². The van der Waals surface area contributed by atoms with Gasteiger partial charge in [-0.2, -0.15) is 0 Å². The van der Waals surface area contributed by atoms with Crippen molar-refractivity contribution in [2.45, 2.75) is 25.7 Å². The number of benzene rings is 2. The second-order valence-electron chi connectivity index (χ2n) is 6.94. The molecular formula is C22H22FN3O5S. The molecule has 0 atom stereocenters. The number of aryl methyl sites for hydroxylation is 1. The molecule has 10 heteroatoms. The van der Waals surface area contributed by atoms with Crippen molar-refractivity contribution < 1.29 is 27.1 Å². The van der Waals surface area contributed by atoms with E-state index in [0.29, 0.717) is 22.5 Å². The van der Waals surface area contributed by atoms with Crippen molar-refractivity contribution in [1.82, 2.24) is 4.98 Å². The van der Waals surface area contributed by atoms with Crippen molar-refractivity contribution in [1.29, 1.82) is 0 Å². The van der Waals surface area contributed by atoms with Crippen molar-refractivity contribution >= 4 is 33.3 Å². The van der Waals surface area contributed by atoms with Gasteiger partial charge in [-0.05, 0) is 74.9 Å². The minimum atomic E-state index is -3.88. The Balaban J connectivity index is 1.73. The number of amides is 1. The Hall–Kier alpha value is -3.66. The summed E-state index contributed by atoms with van der Waals surface area (Å²) in [5.41, 5.74) is 2.24. The Morgan fingerprint density at radius 2 is 1.59 bits per heavy atom. The first kappa shape index (κ1) is 23.0. The number of hydrogen-bond donors (Lipinski definition) is 3. The van der Waals surface area contributed by atoms with E-state index in [1.165, 1.54) is 36.4 Å². The predicted molar refractivity (Wildman–Crippen MR) is 118 cm³/mol. The third-order valence-electron chi connectivity index (χ3n) is 4.66. The number of ether oxygens (including phenoxy) is 1. The lowest BCUT2D eigenvalue weighted by Gasteiger charge is -2.10. The monoisotopic (exact) mass is 459 g/mol. The Kier molecular flexibility index (Phi) is 6.64. The molecule has 3 rings (SSSR count). The summed E-state index contributed by atoms with van der Waals surface area (Å²) in [4.78, 5) is 27.6. The standard InChI is InChI=1S/C22H22FN3O5S/c1-4-31-22(28)20-13(2)19(14(3)24-20)21(27)25-16-7-9-17(10-8-16)26-32(29,30)18-11-5-15(23)6-12-18/h5-12,24,26H,4H2,1-3H3,(H,25,27). The van der Waals surface area contributed by atoms with Crippen molar-refractivity contribution in [3.05, 3.63) is 76.9 Å². The Bertz CT molecular complexity index is 1250. The molecule has 0 aliphatic carbocycles. The van der Waals surface area contributed by atoms with Gasteiger partial charge in [0.1, 0.15) is 11.5 Å². The molecule has 168 valence electrons. The zero-order chi connectivity index (χ0) is 23.5. The number of halogens is 1. The van der Waals surface area contributed by atoms with Gasteiger partial charge in [0.15, 0.2) is 0 Å². The van der Waals surface area contributed by atoms with E-state index in [9.17, 15) is 22.4 Å². The van der Waals surface area contributed by atoms with E-state index in [1.807, 2.05) is 0 Å². The maximum Gasteiger partial charge on any atom is 0.355 e. The van der Waals surface area contributed by atoms with Crippen LogP contribution in [0.2, 0.25) is 0 Å². The Morgan fingerprint density at radius 3 is 2.19 bits per heavy atom. The number of esters is 1. The Labute approximate surface area is 184 Å². The van der Waals surface area contributed by atoms with Crippen LogP contribution in [0.15, 0.2) is 53.4 Å². The van der Waals surface area contributed by atoms with Crippen LogP contribution in [0.3, 0.4) is 0 Å². The third-order valence-corrected chi connectivity index (χ3v) is 6.06. The van der Waals surface area contributed by atoms with E-state index >= 15 is 0 Å². The van der Waals surface area contributed by atoms with Crippen LogP contribution in [0.4, 0.5) is 15.8 Å². The highest BCUT2D eigenvalue weighted by atomic mass is 32.2. The largest absolute Gasteiger partial charge is 0.461 e. The second-order valence-corrected chi connectivity index (χ2v) is 8.62. The molecule has 0 unspecified atom stereocenters. The van der Waals surface area contributed by atoms with Crippen LogP contribution >= 0.6 is 0 Å². The number of carbonyl (C=O) groups is 2. The van der Waals surface area contributed by atoms with Crippen LogP contribution in [0.5, 0.6) is 0 Å². The van der Waals surface area contributed by atoms with Gasteiger partial charge in [-0.1, -0.05) is 0 Å². The van der Waals surface area contributed by atoms with Gasteiger partial charge in [0, 0.05) is 17.1 Å². The molecule has 1 heterocycles. The van der Waals surface area contributed by atoms with Crippen LogP contribution in [-0.4, -0.2) is 31.9 Å². The fraction of sp³-hybridized carbons (Fsp3) is 0.182. The first-order chi connectivity index (χ1) is 15.1. The van der Waals surface area contributed by atoms with Gasteiger partial charge in [0.25, 0.3) is 15.9 Å². The number of anilines is 2. The average Bonchev–Trinajstić information content (AvgIpc) is 3.04. The fourth-order valence-corrected chi connectivity index (χ4v) is 4.20. The van der Waals surface area contributed by atoms with Crippen molar-refractivity contribution in [3.63, 3.8) is 0 Å². The summed E-state index contributed by atoms with van der Waals surface area (Å²) in [6.45, 7) is 5.24. The first-order valence-electron chi connectivity index (χ1n) is 9.68. The highest BCUT2D eigenvalue weighted by Crippen LogP contribution is 2.22. The lowest BCUT2D eigenvalue weighted by Crippen LogP contribution is -2.15. The van der Waals surface area contributed by atoms with E-state index in [-0.39, 0.29) is 22.9 Å². The number of rotatable bonds is 7. The molecular weight excluding hydrogens is 437 g/mol. The molecule has 0 aliphatic rings. The highest BCUT2D eigenvalue weighted by Gasteiger charge is 2.23. The van der Waals surface area contributed by atoms with Crippen LogP contribution in [-0.2, 0) is 14.8 Å². The van der Waals surface area contributed by atoms with E-state index in [0.717, 1.165) is 12.1 Å². The second kappa shape index (κ2) is 9.23. The third kappa shape index (κ3) is 4.97. The molecule has 1 amide bonds. The van der Waals surface area contributed by atoms with E-state index < -0.39 is 27.7 Å². The van der Waals surface area contributed by atoms with Crippen LogP contribution in [0, 0.1) is 19.7 Å². The Morgan fingerprint density at radius 1 is 1.00 bits per heavy atom. The van der Waals surface area contributed by atoms with Gasteiger partial charge in [-0.3, -0.25) is 9.52 Å². The van der Waals surface area contributed by atoms with Crippen molar-refractivity contribution in [2.75, 3.05) is 16.6 Å². The summed E-state index contributed by atoms with van der Waals surface area (Å²) in [7, 11) is -3.88. The van der Waals surface area contributed by atoms with Crippen LogP contribution in [0.1, 0.15) is 39.0 Å². The normalized spacial score (nSPS) is 11.1. The molecule has 0 bridgehead atoms. The minimum Gasteiger partial charge on any atom is -0.461 e. The number of nitrogens with one attached hydrogen (secondary N) is 3. The topological polar surface area (TPSA) is 117 Å². The molecule has 0 spiro atoms. The minimum absolute atomic E-state index is 0.0768. The maximum atomic E-state index is 13.0. The zero-order valence-corrected chi connectivity index (χ0v) is 18.5. The van der Waals surface area contributed by atoms with Gasteiger partial charge in [0.2, 0.25) is 0 Å². The van der Waals surface area contributed by atoms with Gasteiger partial charge in [-0.25, -0.2) is 17.6 Å². The number of hydrogen-bond acceptors (Lipinski definition) is 5. The lowest BCUT2D eigenvalue weighted by atomic mass is 10.1. The maximum absolute atomic E-state index is 13.0. The zero-order valence-electron chi connectivity index (χ0n) is 17.7. The summed E-state index contributed by atoms with van der Waals surface area (Å²) in [5.74, 6) is -1.50. The predicted octanol–water partition coefficient (Wildman–Crippen LogP) is 4.00. The molecule has 1 aromatic heterocycles. The number of aromatic amines is 1. The van der Waals surface area contributed by atoms with Crippen LogP contribution < -0.4 is 10.0 Å². The summed E-state index contributed by atoms with van der Waals surface area (Å²) in [6, 6.07) is 10.5. The molecule has 0 saturated carbocycles. The smallest absolute Gasteiger partial charge is 0.355 e. The van der Waals surface area contributed by atoms with Gasteiger partial charge >= 0.3 is 5.97 Å². The van der Waals surface area contributed by atoms with Gasteiger partial charge < -0.3 is 15.0 Å². The molecule has 0 aliphatic heterocycles. The molecule has 0 radical (unpaired) electrons. The number of H-pyrrole nitrogens is 1. The van der Waals surface area contributed by atoms with Crippen molar-refractivity contribution in [2.24, 2.45) is 0 Å². The summed E-state index contributed by atoms with van der Waals surface area (Å²) in [5, 5.41) is 2.72. The highest BCUT2D eigenvalue weighted by molar-refractivity contribution is 7.92. The summed E-state index contributed by atoms with van der Waals surface area (Å²) < 4.78 is 45.2. The number of carbonyl (C=O) groups excluding carboxylic acids is 2. The molecule has 3 aromatic rings. The molecule has 0 fully saturated rings. The number of sulfonamides is 1. The van der Waals surface area contributed by atoms with E-state index in [2.05, 4.69) is 15.0 Å². The molecule has 8 nitrogen and oxygen atoms in total. The SMILES string of the molecule is CCOC(=O)c1[nH]c(C)c(C(=O)Nc2ccc(NS(=O)(=O)c3ccc(F)cc3)cc2)c1C. The fourth-order valence-electron chi connectivity index (χ4n) is 3.14. The summed E-state index contributed by atoms with van der Waals surface area (Å²) in [6.07, 6.45) is 0. The molecule has 0 saturated heterocycles. The lowest BCUT2D eigenvalue weighted by molar-refractivity contribution is 0.0519. The average molecular weight is 459 g/mol. The first-order valence-corrected chi connectivity index (χ1v) is 11.2. The van der Waals surface area contributed by atoms with Crippen LogP contribution in [0.25, 0.3) is 0 Å².